The Morgan fingerprint density at radius 2 is 1.69 bits per heavy atom. The van der Waals surface area contributed by atoms with Crippen LogP contribution in [0.1, 0.15) is 28.9 Å². The largest absolute Gasteiger partial charge is 0.481 e. The van der Waals surface area contributed by atoms with E-state index in [1.807, 2.05) is 6.07 Å². The number of imidazole rings is 1. The SMILES string of the molecule is N#Cc1c(-c2ccccc2-c2ccccc2F)nc2cc(C(=O)NC3CC(C(=O)O)C3)c(F)cn12. The minimum absolute atomic E-state index is 0.0398. The lowest BCUT2D eigenvalue weighted by molar-refractivity contribution is -0.145. The molecule has 4 aromatic rings. The molecular formula is C26H18F2N4O3. The number of nitrogens with one attached hydrogen (secondary N) is 1. The second-order valence-corrected chi connectivity index (χ2v) is 8.39. The standard InChI is InChI=1S/C26H18F2N4O3/c27-20-8-4-3-6-17(20)16-5-1-2-7-18(16)24-22(12-29)32-13-21(28)19(11-23(32)31-24)25(33)30-15-9-14(10-15)26(34)35/h1-8,11,13-15H,9-10H2,(H,30,33)(H,34,35). The van der Waals surface area contributed by atoms with Gasteiger partial charge < -0.3 is 10.4 Å². The van der Waals surface area contributed by atoms with E-state index < -0.39 is 29.4 Å². The summed E-state index contributed by atoms with van der Waals surface area (Å²) in [5.74, 6) is -3.42. The van der Waals surface area contributed by atoms with Gasteiger partial charge in [0.2, 0.25) is 0 Å². The van der Waals surface area contributed by atoms with E-state index in [0.717, 1.165) is 6.20 Å². The Morgan fingerprint density at radius 3 is 2.34 bits per heavy atom. The molecule has 1 amide bonds. The Morgan fingerprint density at radius 1 is 1.03 bits per heavy atom. The maximum atomic E-state index is 14.9. The van der Waals surface area contributed by atoms with E-state index in [1.165, 1.54) is 16.5 Å². The summed E-state index contributed by atoms with van der Waals surface area (Å²) in [4.78, 5) is 28.1. The average molecular weight is 472 g/mol. The number of hydrogen-bond acceptors (Lipinski definition) is 4. The third-order valence-electron chi connectivity index (χ3n) is 6.23. The van der Waals surface area contributed by atoms with Gasteiger partial charge in [-0.2, -0.15) is 5.26 Å². The lowest BCUT2D eigenvalue weighted by Gasteiger charge is -2.32. The van der Waals surface area contributed by atoms with Gasteiger partial charge in [-0.25, -0.2) is 13.8 Å². The van der Waals surface area contributed by atoms with Crippen LogP contribution in [-0.2, 0) is 4.79 Å². The highest BCUT2D eigenvalue weighted by atomic mass is 19.1. The molecule has 0 spiro atoms. The van der Waals surface area contributed by atoms with E-state index >= 15 is 0 Å². The minimum Gasteiger partial charge on any atom is -0.481 e. The van der Waals surface area contributed by atoms with Gasteiger partial charge in [0, 0.05) is 23.4 Å². The number of carboxylic acids is 1. The summed E-state index contributed by atoms with van der Waals surface area (Å²) in [5.41, 5.74) is 1.50. The maximum absolute atomic E-state index is 14.9. The molecule has 0 bridgehead atoms. The number of carboxylic acid groups (broad SMARTS) is 1. The number of carbonyl (C=O) groups excluding carboxylic acids is 1. The van der Waals surface area contributed by atoms with Crippen molar-refractivity contribution in [2.75, 3.05) is 0 Å². The molecule has 0 atom stereocenters. The fourth-order valence-corrected chi connectivity index (χ4v) is 4.34. The van der Waals surface area contributed by atoms with E-state index in [9.17, 15) is 23.6 Å². The molecule has 0 unspecified atom stereocenters. The van der Waals surface area contributed by atoms with Crippen molar-refractivity contribution >= 4 is 17.5 Å². The first kappa shape index (κ1) is 22.2. The summed E-state index contributed by atoms with van der Waals surface area (Å²) >= 11 is 0. The minimum atomic E-state index is -0.923. The van der Waals surface area contributed by atoms with Gasteiger partial charge in [0.05, 0.1) is 11.5 Å². The number of benzene rings is 2. The normalized spacial score (nSPS) is 16.9. The second-order valence-electron chi connectivity index (χ2n) is 8.39. The van der Waals surface area contributed by atoms with Gasteiger partial charge in [-0.1, -0.05) is 42.5 Å². The first-order valence-corrected chi connectivity index (χ1v) is 10.9. The summed E-state index contributed by atoms with van der Waals surface area (Å²) in [6.45, 7) is 0. The topological polar surface area (TPSA) is 107 Å². The summed E-state index contributed by atoms with van der Waals surface area (Å²) in [6.07, 6.45) is 1.58. The van der Waals surface area contributed by atoms with Crippen molar-refractivity contribution in [3.63, 3.8) is 0 Å². The number of carbonyl (C=O) groups is 2. The first-order valence-electron chi connectivity index (χ1n) is 10.9. The first-order chi connectivity index (χ1) is 16.9. The van der Waals surface area contributed by atoms with Crippen LogP contribution in [0, 0.1) is 28.9 Å². The van der Waals surface area contributed by atoms with E-state index in [1.54, 1.807) is 42.5 Å². The van der Waals surface area contributed by atoms with Crippen molar-refractivity contribution in [2.24, 2.45) is 5.92 Å². The van der Waals surface area contributed by atoms with Crippen molar-refractivity contribution in [2.45, 2.75) is 18.9 Å². The number of rotatable bonds is 5. The zero-order valence-corrected chi connectivity index (χ0v) is 18.2. The molecule has 9 heteroatoms. The van der Waals surface area contributed by atoms with E-state index in [4.69, 9.17) is 5.11 Å². The highest BCUT2D eigenvalue weighted by Crippen LogP contribution is 2.35. The van der Waals surface area contributed by atoms with Gasteiger partial charge in [-0.15, -0.1) is 0 Å². The molecular weight excluding hydrogens is 454 g/mol. The van der Waals surface area contributed by atoms with Crippen molar-refractivity contribution in [3.05, 3.63) is 83.7 Å². The van der Waals surface area contributed by atoms with Crippen LogP contribution in [0.3, 0.4) is 0 Å². The fraction of sp³-hybridized carbons (Fsp3) is 0.154. The van der Waals surface area contributed by atoms with Gasteiger partial charge in [0.15, 0.2) is 11.5 Å². The van der Waals surface area contributed by atoms with E-state index in [-0.39, 0.29) is 41.5 Å². The zero-order valence-electron chi connectivity index (χ0n) is 18.2. The molecule has 1 aliphatic rings. The molecule has 0 radical (unpaired) electrons. The molecule has 2 heterocycles. The van der Waals surface area contributed by atoms with Crippen LogP contribution < -0.4 is 5.32 Å². The predicted octanol–water partition coefficient (Wildman–Crippen LogP) is 4.41. The smallest absolute Gasteiger partial charge is 0.306 e. The number of halogens is 2. The summed E-state index contributed by atoms with van der Waals surface area (Å²) < 4.78 is 30.7. The molecule has 1 saturated carbocycles. The third kappa shape index (κ3) is 3.89. The monoisotopic (exact) mass is 472 g/mol. The highest BCUT2D eigenvalue weighted by molar-refractivity contribution is 5.96. The molecule has 5 rings (SSSR count). The maximum Gasteiger partial charge on any atom is 0.306 e. The third-order valence-corrected chi connectivity index (χ3v) is 6.23. The predicted molar refractivity (Wildman–Crippen MR) is 122 cm³/mol. The Bertz CT molecular complexity index is 1530. The molecule has 2 aromatic carbocycles. The van der Waals surface area contributed by atoms with Crippen LogP contribution in [0.5, 0.6) is 0 Å². The number of nitrogens with zero attached hydrogens (tertiary/aromatic N) is 3. The van der Waals surface area contributed by atoms with Gasteiger partial charge in [-0.3, -0.25) is 14.0 Å². The van der Waals surface area contributed by atoms with Crippen molar-refractivity contribution in [3.8, 4) is 28.5 Å². The Kier molecular flexibility index (Phi) is 5.49. The molecule has 0 saturated heterocycles. The van der Waals surface area contributed by atoms with Crippen molar-refractivity contribution in [1.82, 2.24) is 14.7 Å². The molecule has 35 heavy (non-hydrogen) atoms. The molecule has 1 aliphatic carbocycles. The summed E-state index contributed by atoms with van der Waals surface area (Å²) in [5, 5.41) is 21.5. The summed E-state index contributed by atoms with van der Waals surface area (Å²) in [6, 6.07) is 16.0. The number of fused-ring (bicyclic) bond motifs is 1. The molecule has 0 aliphatic heterocycles. The number of nitriles is 1. The van der Waals surface area contributed by atoms with Gasteiger partial charge in [0.1, 0.15) is 23.2 Å². The van der Waals surface area contributed by atoms with Gasteiger partial charge in [-0.05, 0) is 30.5 Å². The van der Waals surface area contributed by atoms with Gasteiger partial charge >= 0.3 is 5.97 Å². The van der Waals surface area contributed by atoms with Crippen molar-refractivity contribution in [1.29, 1.82) is 5.26 Å². The van der Waals surface area contributed by atoms with Crippen LogP contribution in [0.15, 0.2) is 60.8 Å². The van der Waals surface area contributed by atoms with E-state index in [0.29, 0.717) is 16.7 Å². The lowest BCUT2D eigenvalue weighted by Crippen LogP contribution is -2.46. The number of aliphatic carboxylic acids is 1. The average Bonchev–Trinajstić information content (AvgIpc) is 3.17. The molecule has 174 valence electrons. The summed E-state index contributed by atoms with van der Waals surface area (Å²) in [7, 11) is 0. The van der Waals surface area contributed by atoms with E-state index in [2.05, 4.69) is 10.3 Å². The Labute approximate surface area is 198 Å². The quantitative estimate of drug-likeness (QED) is 0.447. The van der Waals surface area contributed by atoms with Crippen LogP contribution in [0.25, 0.3) is 28.0 Å². The molecule has 7 nitrogen and oxygen atoms in total. The number of aromatic nitrogens is 2. The Balaban J connectivity index is 1.55. The second kappa shape index (κ2) is 8.65. The van der Waals surface area contributed by atoms with Crippen LogP contribution in [0.4, 0.5) is 8.78 Å². The molecule has 2 N–H and O–H groups in total. The van der Waals surface area contributed by atoms with Crippen LogP contribution in [0.2, 0.25) is 0 Å². The fourth-order valence-electron chi connectivity index (χ4n) is 4.34. The molecule has 1 fully saturated rings. The number of amides is 1. The zero-order chi connectivity index (χ0) is 24.7. The Hall–Kier alpha value is -4.58. The van der Waals surface area contributed by atoms with Gasteiger partial charge in [0.25, 0.3) is 5.91 Å². The van der Waals surface area contributed by atoms with Crippen molar-refractivity contribution < 1.29 is 23.5 Å². The van der Waals surface area contributed by atoms with Crippen LogP contribution >= 0.6 is 0 Å². The number of pyridine rings is 1. The molecule has 2 aromatic heterocycles. The highest BCUT2D eigenvalue weighted by Gasteiger charge is 2.35. The lowest BCUT2D eigenvalue weighted by atomic mass is 9.80. The van der Waals surface area contributed by atoms with Crippen LogP contribution in [-0.4, -0.2) is 32.4 Å². The number of hydrogen-bond donors (Lipinski definition) is 2.